The van der Waals surface area contributed by atoms with Gasteiger partial charge in [0.2, 0.25) is 0 Å². The fraction of sp³-hybridized carbons (Fsp3) is 0.364. The zero-order valence-electron chi connectivity index (χ0n) is 9.92. The number of hydrogen-bond acceptors (Lipinski definition) is 4. The van der Waals surface area contributed by atoms with Crippen LogP contribution >= 0.6 is 0 Å². The van der Waals surface area contributed by atoms with Crippen molar-refractivity contribution in [3.63, 3.8) is 0 Å². The number of nitrogens with zero attached hydrogens (tertiary/aromatic N) is 4. The molecule has 2 rings (SSSR count). The zero-order valence-corrected chi connectivity index (χ0v) is 9.92. The highest BCUT2D eigenvalue weighted by Crippen LogP contribution is 2.07. The minimum Gasteiger partial charge on any atom is -0.339 e. The molecule has 2 heterocycles. The predicted molar refractivity (Wildman–Crippen MR) is 63.9 cm³/mol. The van der Waals surface area contributed by atoms with E-state index < -0.39 is 0 Å². The molecule has 0 atom stereocenters. The van der Waals surface area contributed by atoms with Crippen LogP contribution in [0.1, 0.15) is 10.5 Å². The SMILES string of the molecule is CNCCN(C)C(=O)c1nccn2ccnc12. The maximum absolute atomic E-state index is 12.1. The van der Waals surface area contributed by atoms with E-state index in [-0.39, 0.29) is 5.91 Å². The molecular weight excluding hydrogens is 218 g/mol. The van der Waals surface area contributed by atoms with E-state index in [0.29, 0.717) is 17.9 Å². The number of fused-ring (bicyclic) bond motifs is 1. The number of nitrogens with one attached hydrogen (secondary N) is 1. The largest absolute Gasteiger partial charge is 0.339 e. The lowest BCUT2D eigenvalue weighted by atomic mass is 10.3. The van der Waals surface area contributed by atoms with Gasteiger partial charge in [0.1, 0.15) is 0 Å². The maximum atomic E-state index is 12.1. The number of likely N-dealkylation sites (N-methyl/N-ethyl adjacent to an activating group) is 2. The number of rotatable bonds is 4. The number of amides is 1. The molecule has 2 aromatic rings. The molecular formula is C11H15N5O. The lowest BCUT2D eigenvalue weighted by Crippen LogP contribution is -2.33. The van der Waals surface area contributed by atoms with Gasteiger partial charge in [0.05, 0.1) is 0 Å². The van der Waals surface area contributed by atoms with Crippen molar-refractivity contribution in [3.05, 3.63) is 30.5 Å². The van der Waals surface area contributed by atoms with Gasteiger partial charge in [-0.25, -0.2) is 9.97 Å². The van der Waals surface area contributed by atoms with E-state index in [2.05, 4.69) is 15.3 Å². The molecule has 0 bridgehead atoms. The van der Waals surface area contributed by atoms with Crippen molar-refractivity contribution in [1.29, 1.82) is 0 Å². The molecule has 0 saturated heterocycles. The van der Waals surface area contributed by atoms with Crippen LogP contribution in [0.2, 0.25) is 0 Å². The van der Waals surface area contributed by atoms with Crippen molar-refractivity contribution in [3.8, 4) is 0 Å². The molecule has 1 N–H and O–H groups in total. The normalized spacial score (nSPS) is 10.7. The fourth-order valence-corrected chi connectivity index (χ4v) is 1.57. The molecule has 2 aromatic heterocycles. The van der Waals surface area contributed by atoms with Crippen molar-refractivity contribution in [2.45, 2.75) is 0 Å². The van der Waals surface area contributed by atoms with Crippen LogP contribution in [-0.2, 0) is 0 Å². The molecule has 6 nitrogen and oxygen atoms in total. The Kier molecular flexibility index (Phi) is 3.34. The summed E-state index contributed by atoms with van der Waals surface area (Å²) >= 11 is 0. The lowest BCUT2D eigenvalue weighted by molar-refractivity contribution is 0.0792. The van der Waals surface area contributed by atoms with E-state index in [1.165, 1.54) is 0 Å². The number of hydrogen-bond donors (Lipinski definition) is 1. The van der Waals surface area contributed by atoms with Gasteiger partial charge in [-0.2, -0.15) is 0 Å². The third kappa shape index (κ3) is 2.26. The second-order valence-electron chi connectivity index (χ2n) is 3.76. The summed E-state index contributed by atoms with van der Waals surface area (Å²) in [5.41, 5.74) is 0.977. The van der Waals surface area contributed by atoms with E-state index in [0.717, 1.165) is 6.54 Å². The van der Waals surface area contributed by atoms with Crippen LogP contribution in [0.3, 0.4) is 0 Å². The Morgan fingerprint density at radius 3 is 2.82 bits per heavy atom. The summed E-state index contributed by atoms with van der Waals surface area (Å²) in [6.07, 6.45) is 6.82. The van der Waals surface area contributed by atoms with Crippen molar-refractivity contribution in [2.24, 2.45) is 0 Å². The summed E-state index contributed by atoms with van der Waals surface area (Å²) in [4.78, 5) is 22.0. The highest BCUT2D eigenvalue weighted by atomic mass is 16.2. The van der Waals surface area contributed by atoms with Gasteiger partial charge < -0.3 is 14.6 Å². The zero-order chi connectivity index (χ0) is 12.3. The first kappa shape index (κ1) is 11.5. The van der Waals surface area contributed by atoms with Gasteiger partial charge in [-0.3, -0.25) is 4.79 Å². The Balaban J connectivity index is 2.27. The topological polar surface area (TPSA) is 62.5 Å². The van der Waals surface area contributed by atoms with E-state index in [1.54, 1.807) is 41.1 Å². The number of imidazole rings is 1. The molecule has 0 aliphatic heterocycles. The third-order valence-corrected chi connectivity index (χ3v) is 2.56. The van der Waals surface area contributed by atoms with Crippen molar-refractivity contribution in [2.75, 3.05) is 27.2 Å². The molecule has 0 aliphatic carbocycles. The fourth-order valence-electron chi connectivity index (χ4n) is 1.57. The monoisotopic (exact) mass is 233 g/mol. The van der Waals surface area contributed by atoms with E-state index in [4.69, 9.17) is 0 Å². The molecule has 0 aliphatic rings. The van der Waals surface area contributed by atoms with Gasteiger partial charge in [-0.15, -0.1) is 0 Å². The summed E-state index contributed by atoms with van der Waals surface area (Å²) in [5, 5.41) is 3.00. The van der Waals surface area contributed by atoms with Gasteiger partial charge in [0.25, 0.3) is 5.91 Å². The average molecular weight is 233 g/mol. The van der Waals surface area contributed by atoms with Crippen molar-refractivity contribution < 1.29 is 4.79 Å². The first-order valence-electron chi connectivity index (χ1n) is 5.42. The molecule has 90 valence electrons. The van der Waals surface area contributed by atoms with Crippen LogP contribution in [0.15, 0.2) is 24.8 Å². The molecule has 0 saturated carbocycles. The summed E-state index contributed by atoms with van der Waals surface area (Å²) in [6, 6.07) is 0. The molecule has 17 heavy (non-hydrogen) atoms. The van der Waals surface area contributed by atoms with Crippen LogP contribution in [0.5, 0.6) is 0 Å². The van der Waals surface area contributed by atoms with Crippen LogP contribution in [0, 0.1) is 0 Å². The Morgan fingerprint density at radius 1 is 1.41 bits per heavy atom. The van der Waals surface area contributed by atoms with Gasteiger partial charge in [0, 0.05) is 44.9 Å². The van der Waals surface area contributed by atoms with Crippen LogP contribution < -0.4 is 5.32 Å². The van der Waals surface area contributed by atoms with Crippen LogP contribution in [0.25, 0.3) is 5.65 Å². The van der Waals surface area contributed by atoms with Gasteiger partial charge in [-0.05, 0) is 7.05 Å². The standard InChI is InChI=1S/C11H15N5O/c1-12-3-6-15(2)11(17)9-10-14-5-8-16(10)7-4-13-9/h4-5,7-8,12H,3,6H2,1-2H3. The number of carbonyl (C=O) groups excluding carboxylic acids is 1. The molecule has 0 aromatic carbocycles. The number of carbonyl (C=O) groups is 1. The first-order chi connectivity index (χ1) is 8.24. The van der Waals surface area contributed by atoms with E-state index in [1.807, 2.05) is 7.05 Å². The maximum Gasteiger partial charge on any atom is 0.276 e. The summed E-state index contributed by atoms with van der Waals surface area (Å²) in [7, 11) is 3.61. The Bertz CT molecular complexity index is 521. The molecule has 0 spiro atoms. The molecule has 1 amide bonds. The highest BCUT2D eigenvalue weighted by molar-refractivity contribution is 5.97. The summed E-state index contributed by atoms with van der Waals surface area (Å²) in [5.74, 6) is -0.114. The van der Waals surface area contributed by atoms with E-state index in [9.17, 15) is 4.79 Å². The number of aromatic nitrogens is 3. The average Bonchev–Trinajstić information content (AvgIpc) is 2.82. The molecule has 6 heteroatoms. The van der Waals surface area contributed by atoms with Gasteiger partial charge in [-0.1, -0.05) is 0 Å². The van der Waals surface area contributed by atoms with Gasteiger partial charge in [0.15, 0.2) is 11.3 Å². The van der Waals surface area contributed by atoms with Crippen molar-refractivity contribution in [1.82, 2.24) is 24.6 Å². The minimum atomic E-state index is -0.114. The Morgan fingerprint density at radius 2 is 2.12 bits per heavy atom. The second kappa shape index (κ2) is 4.92. The van der Waals surface area contributed by atoms with Crippen LogP contribution in [0.4, 0.5) is 0 Å². The second-order valence-corrected chi connectivity index (χ2v) is 3.76. The third-order valence-electron chi connectivity index (χ3n) is 2.56. The molecule has 0 fully saturated rings. The van der Waals surface area contributed by atoms with Gasteiger partial charge >= 0.3 is 0 Å². The lowest BCUT2D eigenvalue weighted by Gasteiger charge is -2.16. The Hall–Kier alpha value is -1.95. The highest BCUT2D eigenvalue weighted by Gasteiger charge is 2.16. The first-order valence-corrected chi connectivity index (χ1v) is 5.42. The minimum absolute atomic E-state index is 0.114. The molecule has 0 radical (unpaired) electrons. The van der Waals surface area contributed by atoms with E-state index >= 15 is 0 Å². The summed E-state index contributed by atoms with van der Waals surface area (Å²) in [6.45, 7) is 1.39. The summed E-state index contributed by atoms with van der Waals surface area (Å²) < 4.78 is 1.78. The smallest absolute Gasteiger partial charge is 0.276 e. The molecule has 0 unspecified atom stereocenters. The van der Waals surface area contributed by atoms with Crippen molar-refractivity contribution >= 4 is 11.6 Å². The quantitative estimate of drug-likeness (QED) is 0.808. The predicted octanol–water partition coefficient (Wildman–Crippen LogP) is 0.0207. The van der Waals surface area contributed by atoms with Crippen LogP contribution in [-0.4, -0.2) is 52.4 Å². The Labute approximate surface area is 99.3 Å².